The molecule has 57 heavy (non-hydrogen) atoms. The maximum Gasteiger partial charge on any atom is 0.0546 e. The van der Waals surface area contributed by atoms with Gasteiger partial charge in [0.2, 0.25) is 0 Å². The zero-order valence-electron chi connectivity index (χ0n) is 32.0. The predicted molar refractivity (Wildman–Crippen MR) is 241 cm³/mol. The largest absolute Gasteiger partial charge is 0.310 e. The molecule has 1 aromatic heterocycles. The van der Waals surface area contributed by atoms with Crippen molar-refractivity contribution in [3.05, 3.63) is 217 Å². The van der Waals surface area contributed by atoms with E-state index in [0.717, 1.165) is 22.7 Å². The third-order valence-electron chi connectivity index (χ3n) is 12.2. The minimum Gasteiger partial charge on any atom is -0.310 e. The zero-order chi connectivity index (χ0) is 38.1. The van der Waals surface area contributed by atoms with Crippen LogP contribution in [0.3, 0.4) is 0 Å². The van der Waals surface area contributed by atoms with Crippen molar-refractivity contribution in [3.63, 3.8) is 0 Å². The van der Waals surface area contributed by atoms with Gasteiger partial charge in [-0.2, -0.15) is 0 Å². The van der Waals surface area contributed by atoms with Gasteiger partial charge in [0.25, 0.3) is 0 Å². The molecule has 1 heterocycles. The lowest BCUT2D eigenvalue weighted by atomic mass is 9.82. The Morgan fingerprint density at radius 2 is 0.965 bits per heavy atom. The molecule has 0 radical (unpaired) electrons. The number of anilines is 3. The summed E-state index contributed by atoms with van der Waals surface area (Å²) >= 11 is 0. The fourth-order valence-corrected chi connectivity index (χ4v) is 9.42. The van der Waals surface area contributed by atoms with Crippen LogP contribution in [0, 0.1) is 0 Å². The van der Waals surface area contributed by atoms with Crippen molar-refractivity contribution in [3.8, 4) is 39.1 Å². The summed E-state index contributed by atoms with van der Waals surface area (Å²) in [5, 5.41) is 5.01. The Balaban J connectivity index is 1.04. The van der Waals surface area contributed by atoms with Crippen molar-refractivity contribution in [2.75, 3.05) is 4.90 Å². The van der Waals surface area contributed by atoms with Crippen molar-refractivity contribution < 1.29 is 0 Å². The van der Waals surface area contributed by atoms with Crippen LogP contribution in [0.5, 0.6) is 0 Å². The molecular formula is C55H40N2. The number of rotatable bonds is 6. The van der Waals surface area contributed by atoms with Gasteiger partial charge in [-0.1, -0.05) is 166 Å². The van der Waals surface area contributed by atoms with E-state index in [1.165, 1.54) is 77.1 Å². The SMILES string of the molecule is CC1(C)c2ccccc2-c2ccc(N(c3ccc(-c4ccc(-n5c6ccccc6c6ccccc65)cc4)cc3)c3ccc4ccccc4c3-c3ccccc3)cc21. The highest BCUT2D eigenvalue weighted by Crippen LogP contribution is 2.52. The van der Waals surface area contributed by atoms with E-state index in [1.54, 1.807) is 0 Å². The summed E-state index contributed by atoms with van der Waals surface area (Å²) in [7, 11) is 0. The lowest BCUT2D eigenvalue weighted by Crippen LogP contribution is -2.17. The zero-order valence-corrected chi connectivity index (χ0v) is 32.0. The highest BCUT2D eigenvalue weighted by molar-refractivity contribution is 6.09. The van der Waals surface area contributed by atoms with Crippen molar-refractivity contribution in [1.82, 2.24) is 4.57 Å². The molecule has 10 aromatic rings. The first kappa shape index (κ1) is 33.2. The fourth-order valence-electron chi connectivity index (χ4n) is 9.42. The lowest BCUT2D eigenvalue weighted by molar-refractivity contribution is 0.660. The second kappa shape index (κ2) is 13.0. The molecular weight excluding hydrogens is 689 g/mol. The Hall–Kier alpha value is -7.16. The minimum absolute atomic E-state index is 0.117. The van der Waals surface area contributed by atoms with Gasteiger partial charge >= 0.3 is 0 Å². The summed E-state index contributed by atoms with van der Waals surface area (Å²) in [5.41, 5.74) is 17.1. The van der Waals surface area contributed by atoms with Crippen molar-refractivity contribution in [1.29, 1.82) is 0 Å². The monoisotopic (exact) mass is 728 g/mol. The van der Waals surface area contributed by atoms with Crippen LogP contribution in [0.1, 0.15) is 25.0 Å². The highest BCUT2D eigenvalue weighted by Gasteiger charge is 2.36. The average molecular weight is 729 g/mol. The first-order chi connectivity index (χ1) is 28.0. The molecule has 11 rings (SSSR count). The summed E-state index contributed by atoms with van der Waals surface area (Å²) in [6.45, 7) is 4.72. The van der Waals surface area contributed by atoms with E-state index in [1.807, 2.05) is 0 Å². The van der Waals surface area contributed by atoms with E-state index in [4.69, 9.17) is 0 Å². The van der Waals surface area contributed by atoms with Crippen molar-refractivity contribution >= 4 is 49.6 Å². The first-order valence-corrected chi connectivity index (χ1v) is 19.9. The molecule has 0 atom stereocenters. The van der Waals surface area contributed by atoms with Gasteiger partial charge in [0.1, 0.15) is 0 Å². The van der Waals surface area contributed by atoms with Crippen LogP contribution in [0.4, 0.5) is 17.1 Å². The molecule has 0 bridgehead atoms. The highest BCUT2D eigenvalue weighted by atomic mass is 15.1. The van der Waals surface area contributed by atoms with E-state index >= 15 is 0 Å². The topological polar surface area (TPSA) is 8.17 Å². The number of hydrogen-bond donors (Lipinski definition) is 0. The maximum atomic E-state index is 2.46. The molecule has 2 heteroatoms. The van der Waals surface area contributed by atoms with Crippen molar-refractivity contribution in [2.45, 2.75) is 19.3 Å². The minimum atomic E-state index is -0.117. The second-order valence-electron chi connectivity index (χ2n) is 15.7. The van der Waals surface area contributed by atoms with Gasteiger partial charge < -0.3 is 9.47 Å². The van der Waals surface area contributed by atoms with Crippen LogP contribution >= 0.6 is 0 Å². The third-order valence-corrected chi connectivity index (χ3v) is 12.2. The second-order valence-corrected chi connectivity index (χ2v) is 15.7. The number of aromatic nitrogens is 1. The molecule has 0 saturated heterocycles. The van der Waals surface area contributed by atoms with E-state index < -0.39 is 0 Å². The van der Waals surface area contributed by atoms with Gasteiger partial charge in [-0.15, -0.1) is 0 Å². The number of nitrogens with zero attached hydrogens (tertiary/aromatic N) is 2. The van der Waals surface area contributed by atoms with E-state index in [-0.39, 0.29) is 5.41 Å². The summed E-state index contributed by atoms with van der Waals surface area (Å²) in [6, 6.07) is 75.6. The smallest absolute Gasteiger partial charge is 0.0546 e. The summed E-state index contributed by atoms with van der Waals surface area (Å²) in [4.78, 5) is 2.46. The third kappa shape index (κ3) is 5.25. The van der Waals surface area contributed by atoms with E-state index in [0.29, 0.717) is 0 Å². The number of fused-ring (bicyclic) bond motifs is 7. The standard InChI is InChI=1S/C55H40N2/c1-55(2)49-21-11-8-18-45(49)46-34-33-43(36-50(46)55)56(53-35-28-39-14-6-7-17-44(39)54(53)40-15-4-3-5-16-40)41-29-24-37(25-30-41)38-26-31-42(32-27-38)57-51-22-12-9-19-47(51)48-20-10-13-23-52(48)57/h3-36H,1-2H3. The Kier molecular flexibility index (Phi) is 7.55. The Morgan fingerprint density at radius 3 is 1.68 bits per heavy atom. The summed E-state index contributed by atoms with van der Waals surface area (Å²) in [5.74, 6) is 0. The van der Waals surface area contributed by atoms with Gasteiger partial charge in [-0.25, -0.2) is 0 Å². The molecule has 0 amide bonds. The van der Waals surface area contributed by atoms with Gasteiger partial charge in [0.15, 0.2) is 0 Å². The quantitative estimate of drug-likeness (QED) is 0.165. The summed E-state index contributed by atoms with van der Waals surface area (Å²) in [6.07, 6.45) is 0. The van der Waals surface area contributed by atoms with Gasteiger partial charge in [-0.3, -0.25) is 0 Å². The van der Waals surface area contributed by atoms with Crippen LogP contribution in [0.15, 0.2) is 206 Å². The predicted octanol–water partition coefficient (Wildman–Crippen LogP) is 15.0. The normalized spacial score (nSPS) is 12.9. The maximum absolute atomic E-state index is 2.46. The number of para-hydroxylation sites is 2. The fraction of sp³-hybridized carbons (Fsp3) is 0.0545. The van der Waals surface area contributed by atoms with E-state index in [9.17, 15) is 0 Å². The number of benzene rings is 9. The number of hydrogen-bond acceptors (Lipinski definition) is 1. The molecule has 0 saturated carbocycles. The summed E-state index contributed by atoms with van der Waals surface area (Å²) < 4.78 is 2.37. The molecule has 0 unspecified atom stereocenters. The van der Waals surface area contributed by atoms with Crippen molar-refractivity contribution in [2.24, 2.45) is 0 Å². The van der Waals surface area contributed by atoms with Gasteiger partial charge in [0.05, 0.1) is 16.7 Å². The molecule has 270 valence electrons. The molecule has 0 spiro atoms. The van der Waals surface area contributed by atoms with E-state index in [2.05, 4.69) is 230 Å². The molecule has 2 nitrogen and oxygen atoms in total. The average Bonchev–Trinajstić information content (AvgIpc) is 3.72. The lowest BCUT2D eigenvalue weighted by Gasteiger charge is -2.30. The van der Waals surface area contributed by atoms with Crippen LogP contribution < -0.4 is 4.90 Å². The molecule has 1 aliphatic rings. The Bertz CT molecular complexity index is 3080. The van der Waals surface area contributed by atoms with Gasteiger partial charge in [0, 0.05) is 38.8 Å². The molecule has 9 aromatic carbocycles. The molecule has 1 aliphatic carbocycles. The molecule has 0 aliphatic heterocycles. The first-order valence-electron chi connectivity index (χ1n) is 19.9. The Labute approximate surface area is 333 Å². The molecule has 0 N–H and O–H groups in total. The van der Waals surface area contributed by atoms with Gasteiger partial charge in [-0.05, 0) is 104 Å². The van der Waals surface area contributed by atoms with Crippen LogP contribution in [0.25, 0.3) is 71.6 Å². The Morgan fingerprint density at radius 1 is 0.404 bits per heavy atom. The van der Waals surface area contributed by atoms with Crippen LogP contribution in [-0.4, -0.2) is 4.57 Å². The van der Waals surface area contributed by atoms with Crippen LogP contribution in [-0.2, 0) is 5.41 Å². The van der Waals surface area contributed by atoms with Crippen LogP contribution in [0.2, 0.25) is 0 Å². The molecule has 0 fully saturated rings.